The summed E-state index contributed by atoms with van der Waals surface area (Å²) in [6.07, 6.45) is 3.29. The highest BCUT2D eigenvalue weighted by atomic mass is 31.1. The number of ether oxygens (including phenoxy) is 1. The Morgan fingerprint density at radius 3 is 2.73 bits per heavy atom. The zero-order valence-electron chi connectivity index (χ0n) is 12.0. The third-order valence-corrected chi connectivity index (χ3v) is 3.71. The first-order valence-electron chi connectivity index (χ1n) is 6.69. The van der Waals surface area contributed by atoms with E-state index in [9.17, 15) is 0 Å². The Morgan fingerprint density at radius 2 is 1.91 bits per heavy atom. The summed E-state index contributed by atoms with van der Waals surface area (Å²) in [4.78, 5) is 8.35. The fourth-order valence-corrected chi connectivity index (χ4v) is 2.64. The van der Waals surface area contributed by atoms with E-state index in [-0.39, 0.29) is 5.82 Å². The molecule has 3 rings (SSSR count). The van der Waals surface area contributed by atoms with Crippen LogP contribution in [0.25, 0.3) is 10.9 Å². The maximum Gasteiger partial charge on any atom is 0.155 e. The van der Waals surface area contributed by atoms with Gasteiger partial charge in [-0.25, -0.2) is 4.98 Å². The van der Waals surface area contributed by atoms with Gasteiger partial charge in [-0.05, 0) is 39.7 Å². The number of hydrogen-bond donors (Lipinski definition) is 3. The lowest BCUT2D eigenvalue weighted by atomic mass is 10.1. The van der Waals surface area contributed by atoms with Gasteiger partial charge in [0.05, 0.1) is 0 Å². The van der Waals surface area contributed by atoms with E-state index >= 15 is 0 Å². The first-order chi connectivity index (χ1) is 10.7. The molecule has 0 aliphatic heterocycles. The van der Waals surface area contributed by atoms with Gasteiger partial charge in [-0.3, -0.25) is 4.98 Å². The van der Waals surface area contributed by atoms with E-state index in [4.69, 9.17) is 16.2 Å². The predicted molar refractivity (Wildman–Crippen MR) is 92.7 cm³/mol. The van der Waals surface area contributed by atoms with Crippen molar-refractivity contribution >= 4 is 36.8 Å². The van der Waals surface area contributed by atoms with Crippen LogP contribution in [0, 0.1) is 0 Å². The zero-order valence-corrected chi connectivity index (χ0v) is 13.0. The predicted octanol–water partition coefficient (Wildman–Crippen LogP) is 3.22. The molecule has 0 radical (unpaired) electrons. The highest BCUT2D eigenvalue weighted by Crippen LogP contribution is 2.36. The second-order valence-corrected chi connectivity index (χ2v) is 5.35. The van der Waals surface area contributed by atoms with Crippen LogP contribution in [0.3, 0.4) is 0 Å². The Kier molecular flexibility index (Phi) is 3.94. The van der Waals surface area contributed by atoms with E-state index in [1.807, 2.05) is 24.3 Å². The van der Waals surface area contributed by atoms with Gasteiger partial charge in [-0.15, -0.1) is 0 Å². The van der Waals surface area contributed by atoms with Crippen LogP contribution in [0.4, 0.5) is 17.2 Å². The molecule has 5 N–H and O–H groups in total. The molecule has 1 aromatic carbocycles. The highest BCUT2D eigenvalue weighted by Gasteiger charge is 2.11. The molecule has 2 aromatic heterocycles. The van der Waals surface area contributed by atoms with Gasteiger partial charge >= 0.3 is 0 Å². The number of pyridine rings is 2. The normalized spacial score (nSPS) is 11.1. The van der Waals surface area contributed by atoms with E-state index in [0.717, 1.165) is 16.6 Å². The molecule has 0 saturated carbocycles. The number of nitrogen functional groups attached to an aromatic ring is 2. The molecule has 1 atom stereocenters. The maximum atomic E-state index is 5.91. The summed E-state index contributed by atoms with van der Waals surface area (Å²) in [5.41, 5.74) is 13.7. The van der Waals surface area contributed by atoms with E-state index in [1.165, 1.54) is 0 Å². The molecule has 6 nitrogen and oxygen atoms in total. The minimum Gasteiger partial charge on any atom is -0.453 e. The largest absolute Gasteiger partial charge is 0.453 e. The van der Waals surface area contributed by atoms with Crippen molar-refractivity contribution in [3.05, 3.63) is 42.7 Å². The van der Waals surface area contributed by atoms with Crippen molar-refractivity contribution in [2.45, 2.75) is 0 Å². The van der Waals surface area contributed by atoms with E-state index in [1.54, 1.807) is 18.5 Å². The molecule has 0 saturated heterocycles. The number of fused-ring (bicyclic) bond motifs is 1. The summed E-state index contributed by atoms with van der Waals surface area (Å²) in [6.45, 7) is 2.08. The molecule has 0 spiro atoms. The van der Waals surface area contributed by atoms with E-state index < -0.39 is 0 Å². The van der Waals surface area contributed by atoms with Crippen LogP contribution in [0.2, 0.25) is 0 Å². The van der Waals surface area contributed by atoms with Gasteiger partial charge in [0.1, 0.15) is 17.0 Å². The molecule has 0 fully saturated rings. The minimum absolute atomic E-state index is 0.250. The van der Waals surface area contributed by atoms with Gasteiger partial charge in [-0.2, -0.15) is 0 Å². The van der Waals surface area contributed by atoms with Crippen LogP contribution >= 0.6 is 8.73 Å². The van der Waals surface area contributed by atoms with Gasteiger partial charge in [0.25, 0.3) is 0 Å². The molecule has 22 heavy (non-hydrogen) atoms. The molecule has 1 unspecified atom stereocenters. The lowest BCUT2D eigenvalue weighted by molar-refractivity contribution is 0.489. The first kappa shape index (κ1) is 14.4. The fourth-order valence-electron chi connectivity index (χ4n) is 2.15. The standard InChI is InChI=1S/C15H16N5OP/c1-22-20-10-4-5-12(14-9(10)3-2-7-18-14)21-11-6-8-19-15(17)13(11)16/h2-8,20,22H,16H2,1H3,(H2,17,19). The Morgan fingerprint density at radius 1 is 1.05 bits per heavy atom. The van der Waals surface area contributed by atoms with Crippen LogP contribution in [0.15, 0.2) is 42.7 Å². The summed E-state index contributed by atoms with van der Waals surface area (Å²) >= 11 is 0. The molecule has 0 aliphatic carbocycles. The summed E-state index contributed by atoms with van der Waals surface area (Å²) in [5, 5.41) is 4.33. The number of hydrogen-bond acceptors (Lipinski definition) is 6. The van der Waals surface area contributed by atoms with Crippen LogP contribution in [-0.2, 0) is 0 Å². The molecule has 0 bridgehead atoms. The number of aromatic nitrogens is 2. The maximum absolute atomic E-state index is 5.91. The van der Waals surface area contributed by atoms with Crippen molar-refractivity contribution in [2.75, 3.05) is 23.2 Å². The quantitative estimate of drug-likeness (QED) is 0.640. The number of benzene rings is 1. The first-order valence-corrected chi connectivity index (χ1v) is 8.19. The summed E-state index contributed by atoms with van der Waals surface area (Å²) in [6, 6.07) is 9.42. The average molecular weight is 313 g/mol. The van der Waals surface area contributed by atoms with Gasteiger partial charge in [0, 0.05) is 29.5 Å². The molecule has 2 heterocycles. The van der Waals surface area contributed by atoms with Gasteiger partial charge < -0.3 is 21.3 Å². The molecule has 7 heteroatoms. The SMILES string of the molecule is CPNc1ccc(Oc2ccnc(N)c2N)c2ncccc12. The van der Waals surface area contributed by atoms with Crippen molar-refractivity contribution in [1.29, 1.82) is 0 Å². The number of rotatable bonds is 4. The van der Waals surface area contributed by atoms with Crippen LogP contribution < -0.4 is 21.3 Å². The Bertz CT molecular complexity index is 824. The van der Waals surface area contributed by atoms with Crippen LogP contribution in [0.5, 0.6) is 11.5 Å². The van der Waals surface area contributed by atoms with Gasteiger partial charge in [-0.1, -0.05) is 0 Å². The van der Waals surface area contributed by atoms with Gasteiger partial charge in [0.2, 0.25) is 0 Å². The Labute approximate surface area is 129 Å². The molecular formula is C15H16N5OP. The van der Waals surface area contributed by atoms with Crippen molar-refractivity contribution in [3.8, 4) is 11.5 Å². The van der Waals surface area contributed by atoms with Crippen LogP contribution in [-0.4, -0.2) is 16.6 Å². The summed E-state index contributed by atoms with van der Waals surface area (Å²) in [5.74, 6) is 1.34. The topological polar surface area (TPSA) is 99.1 Å². The Balaban J connectivity index is 2.08. The zero-order chi connectivity index (χ0) is 15.5. The molecular weight excluding hydrogens is 297 g/mol. The fraction of sp³-hybridized carbons (Fsp3) is 0.0667. The van der Waals surface area contributed by atoms with Crippen molar-refractivity contribution in [1.82, 2.24) is 9.97 Å². The number of nitrogens with two attached hydrogens (primary N) is 2. The van der Waals surface area contributed by atoms with E-state index in [2.05, 4.69) is 21.7 Å². The van der Waals surface area contributed by atoms with Crippen molar-refractivity contribution in [2.24, 2.45) is 0 Å². The second-order valence-electron chi connectivity index (χ2n) is 4.60. The third-order valence-electron chi connectivity index (χ3n) is 3.19. The number of nitrogens with one attached hydrogen (secondary N) is 1. The number of nitrogens with zero attached hydrogens (tertiary/aromatic N) is 2. The number of anilines is 3. The van der Waals surface area contributed by atoms with E-state index in [0.29, 0.717) is 25.9 Å². The molecule has 0 amide bonds. The highest BCUT2D eigenvalue weighted by molar-refractivity contribution is 7.38. The monoisotopic (exact) mass is 313 g/mol. The van der Waals surface area contributed by atoms with Crippen molar-refractivity contribution < 1.29 is 4.74 Å². The third kappa shape index (κ3) is 2.61. The molecule has 3 aromatic rings. The molecule has 0 aliphatic rings. The average Bonchev–Trinajstić information content (AvgIpc) is 2.54. The summed E-state index contributed by atoms with van der Waals surface area (Å²) < 4.78 is 5.90. The summed E-state index contributed by atoms with van der Waals surface area (Å²) in [7, 11) is 0.602. The molecule has 112 valence electrons. The van der Waals surface area contributed by atoms with Crippen LogP contribution in [0.1, 0.15) is 0 Å². The van der Waals surface area contributed by atoms with Gasteiger partial charge in [0.15, 0.2) is 11.5 Å². The smallest absolute Gasteiger partial charge is 0.155 e. The lowest BCUT2D eigenvalue weighted by Gasteiger charge is -2.13. The Hall–Kier alpha value is -2.59. The van der Waals surface area contributed by atoms with Crippen molar-refractivity contribution in [3.63, 3.8) is 0 Å². The second kappa shape index (κ2) is 6.03. The minimum atomic E-state index is 0.250. The lowest BCUT2D eigenvalue weighted by Crippen LogP contribution is -2.00.